The summed E-state index contributed by atoms with van der Waals surface area (Å²) in [6, 6.07) is 17.8. The van der Waals surface area contributed by atoms with Crippen molar-refractivity contribution >= 4 is 68.7 Å². The van der Waals surface area contributed by atoms with Crippen molar-refractivity contribution in [2.75, 3.05) is 4.90 Å². The maximum absolute atomic E-state index is 13.1. The largest absolute Gasteiger partial charge is 0.488 e. The number of ether oxygens (including phenoxy) is 1. The zero-order chi connectivity index (χ0) is 23.5. The van der Waals surface area contributed by atoms with Crippen molar-refractivity contribution in [3.8, 4) is 5.75 Å². The first kappa shape index (κ1) is 23.0. The molecule has 6 nitrogen and oxygen atoms in total. The number of carbonyl (C=O) groups excluding carboxylic acids is 3. The van der Waals surface area contributed by atoms with Gasteiger partial charge in [-0.25, -0.2) is 9.69 Å². The number of hydrogen-bond donors (Lipinski definition) is 1. The highest BCUT2D eigenvalue weighted by Crippen LogP contribution is 2.28. The molecule has 0 spiro atoms. The van der Waals surface area contributed by atoms with Crippen LogP contribution in [0.2, 0.25) is 10.0 Å². The summed E-state index contributed by atoms with van der Waals surface area (Å²) in [4.78, 5) is 38.9. The lowest BCUT2D eigenvalue weighted by molar-refractivity contribution is -0.122. The molecule has 1 fully saturated rings. The van der Waals surface area contributed by atoms with Crippen LogP contribution >= 0.6 is 39.1 Å². The minimum absolute atomic E-state index is 0.153. The SMILES string of the molecule is O=C1NC(=O)N(c2ccc(Br)cc2)C(=O)/C1=C/c1ccccc1OCc1ccc(Cl)cc1Cl. The summed E-state index contributed by atoms with van der Waals surface area (Å²) in [5.41, 5.74) is 1.35. The molecule has 33 heavy (non-hydrogen) atoms. The van der Waals surface area contributed by atoms with Crippen LogP contribution in [0.25, 0.3) is 6.08 Å². The van der Waals surface area contributed by atoms with Crippen LogP contribution in [0.1, 0.15) is 11.1 Å². The molecule has 0 bridgehead atoms. The van der Waals surface area contributed by atoms with E-state index < -0.39 is 17.8 Å². The van der Waals surface area contributed by atoms with Gasteiger partial charge in [0.2, 0.25) is 0 Å². The Balaban J connectivity index is 1.63. The minimum atomic E-state index is -0.814. The summed E-state index contributed by atoms with van der Waals surface area (Å²) in [5.74, 6) is -1.08. The van der Waals surface area contributed by atoms with E-state index in [2.05, 4.69) is 21.2 Å². The molecular weight excluding hydrogens is 531 g/mol. The zero-order valence-corrected chi connectivity index (χ0v) is 19.9. The molecule has 1 aliphatic rings. The molecular formula is C24H15BrCl2N2O4. The predicted octanol–water partition coefficient (Wildman–Crippen LogP) is 6.00. The van der Waals surface area contributed by atoms with Crippen molar-refractivity contribution in [2.24, 2.45) is 0 Å². The van der Waals surface area contributed by atoms with Crippen LogP contribution in [0.5, 0.6) is 5.75 Å². The number of urea groups is 1. The van der Waals surface area contributed by atoms with Gasteiger partial charge in [0, 0.05) is 25.6 Å². The minimum Gasteiger partial charge on any atom is -0.488 e. The topological polar surface area (TPSA) is 75.7 Å². The first-order valence-corrected chi connectivity index (χ1v) is 11.2. The number of benzene rings is 3. The number of nitrogens with zero attached hydrogens (tertiary/aromatic N) is 1. The van der Waals surface area contributed by atoms with Crippen molar-refractivity contribution in [2.45, 2.75) is 6.61 Å². The summed E-state index contributed by atoms with van der Waals surface area (Å²) >= 11 is 15.5. The summed E-state index contributed by atoms with van der Waals surface area (Å²) in [6.45, 7) is 0.153. The molecule has 9 heteroatoms. The Morgan fingerprint density at radius 2 is 1.70 bits per heavy atom. The number of imide groups is 2. The Morgan fingerprint density at radius 3 is 2.42 bits per heavy atom. The van der Waals surface area contributed by atoms with Crippen LogP contribution in [0.4, 0.5) is 10.5 Å². The Kier molecular flexibility index (Phi) is 6.83. The van der Waals surface area contributed by atoms with Crippen molar-refractivity contribution in [1.29, 1.82) is 0 Å². The van der Waals surface area contributed by atoms with Crippen LogP contribution in [0.15, 0.2) is 76.8 Å². The van der Waals surface area contributed by atoms with Crippen molar-refractivity contribution in [3.63, 3.8) is 0 Å². The highest BCUT2D eigenvalue weighted by molar-refractivity contribution is 9.10. The molecule has 4 amide bonds. The lowest BCUT2D eigenvalue weighted by Gasteiger charge is -2.26. The number of carbonyl (C=O) groups is 3. The van der Waals surface area contributed by atoms with E-state index in [0.29, 0.717) is 27.0 Å². The maximum Gasteiger partial charge on any atom is 0.335 e. The summed E-state index contributed by atoms with van der Waals surface area (Å²) < 4.78 is 6.69. The van der Waals surface area contributed by atoms with Gasteiger partial charge in [0.15, 0.2) is 0 Å². The van der Waals surface area contributed by atoms with Crippen LogP contribution in [-0.4, -0.2) is 17.8 Å². The Bertz CT molecular complexity index is 1290. The monoisotopic (exact) mass is 544 g/mol. The van der Waals surface area contributed by atoms with Crippen molar-refractivity contribution in [1.82, 2.24) is 5.32 Å². The smallest absolute Gasteiger partial charge is 0.335 e. The number of halogens is 3. The number of hydrogen-bond acceptors (Lipinski definition) is 4. The first-order chi connectivity index (χ1) is 15.8. The van der Waals surface area contributed by atoms with Gasteiger partial charge < -0.3 is 4.74 Å². The molecule has 1 N–H and O–H groups in total. The van der Waals surface area contributed by atoms with E-state index >= 15 is 0 Å². The second kappa shape index (κ2) is 9.79. The molecule has 0 radical (unpaired) electrons. The van der Waals surface area contributed by atoms with E-state index in [1.165, 1.54) is 6.08 Å². The van der Waals surface area contributed by atoms with E-state index in [1.54, 1.807) is 66.7 Å². The average Bonchev–Trinajstić information content (AvgIpc) is 2.78. The van der Waals surface area contributed by atoms with Gasteiger partial charge in [-0.05, 0) is 48.5 Å². The standard InChI is InChI=1S/C24H15BrCl2N2O4/c25-16-6-9-18(10-7-16)29-23(31)19(22(30)28-24(29)32)11-14-3-1-2-4-21(14)33-13-15-5-8-17(26)12-20(15)27/h1-12H,13H2,(H,28,30,32)/b19-11+. The third-order valence-electron chi connectivity index (χ3n) is 4.80. The molecule has 0 unspecified atom stereocenters. The van der Waals surface area contributed by atoms with Gasteiger partial charge in [-0.15, -0.1) is 0 Å². The van der Waals surface area contributed by atoms with Crippen LogP contribution in [0, 0.1) is 0 Å². The maximum atomic E-state index is 13.1. The van der Waals surface area contributed by atoms with Gasteiger partial charge in [0.25, 0.3) is 11.8 Å². The third kappa shape index (κ3) is 5.11. The number of rotatable bonds is 5. The molecule has 0 saturated carbocycles. The molecule has 3 aromatic rings. The van der Waals surface area contributed by atoms with Crippen molar-refractivity contribution < 1.29 is 19.1 Å². The Labute approximate surface area is 207 Å². The van der Waals surface area contributed by atoms with Gasteiger partial charge in [0.05, 0.1) is 5.69 Å². The molecule has 1 heterocycles. The Hall–Kier alpha value is -3.13. The molecule has 3 aromatic carbocycles. The number of barbiturate groups is 1. The second-order valence-electron chi connectivity index (χ2n) is 7.00. The van der Waals surface area contributed by atoms with Crippen LogP contribution in [0.3, 0.4) is 0 Å². The lowest BCUT2D eigenvalue weighted by Crippen LogP contribution is -2.54. The first-order valence-electron chi connectivity index (χ1n) is 9.66. The van der Waals surface area contributed by atoms with E-state index in [-0.39, 0.29) is 12.2 Å². The van der Waals surface area contributed by atoms with Gasteiger partial charge in [-0.2, -0.15) is 0 Å². The molecule has 0 atom stereocenters. The van der Waals surface area contributed by atoms with E-state index in [0.717, 1.165) is 14.9 Å². The fraction of sp³-hybridized carbons (Fsp3) is 0.0417. The van der Waals surface area contributed by atoms with Gasteiger partial charge in [-0.1, -0.05) is 63.4 Å². The molecule has 1 aliphatic heterocycles. The Morgan fingerprint density at radius 1 is 0.970 bits per heavy atom. The normalized spacial score (nSPS) is 15.1. The highest BCUT2D eigenvalue weighted by atomic mass is 79.9. The zero-order valence-electron chi connectivity index (χ0n) is 16.8. The average molecular weight is 546 g/mol. The third-order valence-corrected chi connectivity index (χ3v) is 5.92. The number of anilines is 1. The molecule has 4 rings (SSSR count). The molecule has 0 aromatic heterocycles. The predicted molar refractivity (Wildman–Crippen MR) is 130 cm³/mol. The lowest BCUT2D eigenvalue weighted by atomic mass is 10.1. The fourth-order valence-electron chi connectivity index (χ4n) is 3.16. The molecule has 1 saturated heterocycles. The quantitative estimate of drug-likeness (QED) is 0.315. The fourth-order valence-corrected chi connectivity index (χ4v) is 3.89. The van der Waals surface area contributed by atoms with Crippen molar-refractivity contribution in [3.05, 3.63) is 97.9 Å². The van der Waals surface area contributed by atoms with Crippen LogP contribution in [-0.2, 0) is 16.2 Å². The number of para-hydroxylation sites is 1. The van der Waals surface area contributed by atoms with E-state index in [1.807, 2.05) is 0 Å². The highest BCUT2D eigenvalue weighted by Gasteiger charge is 2.36. The van der Waals surface area contributed by atoms with Crippen LogP contribution < -0.4 is 15.0 Å². The molecule has 166 valence electrons. The van der Waals surface area contributed by atoms with Gasteiger partial charge in [0.1, 0.15) is 17.9 Å². The summed E-state index contributed by atoms with van der Waals surface area (Å²) in [7, 11) is 0. The number of amides is 4. The van der Waals surface area contributed by atoms with E-state index in [9.17, 15) is 14.4 Å². The van der Waals surface area contributed by atoms with Gasteiger partial charge >= 0.3 is 6.03 Å². The number of nitrogens with one attached hydrogen (secondary N) is 1. The molecule has 0 aliphatic carbocycles. The summed E-state index contributed by atoms with van der Waals surface area (Å²) in [5, 5.41) is 3.19. The second-order valence-corrected chi connectivity index (χ2v) is 8.76. The van der Waals surface area contributed by atoms with Gasteiger partial charge in [-0.3, -0.25) is 14.9 Å². The summed E-state index contributed by atoms with van der Waals surface area (Å²) in [6.07, 6.45) is 1.40. The van der Waals surface area contributed by atoms with E-state index in [4.69, 9.17) is 27.9 Å².